The minimum atomic E-state index is -0.127. The van der Waals surface area contributed by atoms with Crippen molar-refractivity contribution in [3.63, 3.8) is 0 Å². The summed E-state index contributed by atoms with van der Waals surface area (Å²) in [6, 6.07) is -0.0143. The second kappa shape index (κ2) is 6.07. The molecular formula is C13H23N3O2. The Morgan fingerprint density at radius 2 is 1.94 bits per heavy atom. The topological polar surface area (TPSA) is 61.4 Å². The monoisotopic (exact) mass is 253 g/mol. The summed E-state index contributed by atoms with van der Waals surface area (Å²) in [7, 11) is 0. The van der Waals surface area contributed by atoms with E-state index < -0.39 is 0 Å². The van der Waals surface area contributed by atoms with Gasteiger partial charge in [0.05, 0.1) is 0 Å². The summed E-state index contributed by atoms with van der Waals surface area (Å²) in [5.74, 6) is 0.543. The molecule has 1 atom stereocenters. The van der Waals surface area contributed by atoms with Crippen LogP contribution in [0.4, 0.5) is 4.79 Å². The number of likely N-dealkylation sites (tertiary alicyclic amines) is 1. The highest BCUT2D eigenvalue weighted by Gasteiger charge is 2.32. The summed E-state index contributed by atoms with van der Waals surface area (Å²) in [6.45, 7) is 3.98. The molecule has 0 aromatic carbocycles. The minimum Gasteiger partial charge on any atom is -0.340 e. The van der Waals surface area contributed by atoms with E-state index in [1.165, 1.54) is 12.8 Å². The molecule has 1 heterocycles. The van der Waals surface area contributed by atoms with Gasteiger partial charge in [0.1, 0.15) is 0 Å². The molecule has 1 saturated heterocycles. The zero-order chi connectivity index (χ0) is 13.0. The Morgan fingerprint density at radius 3 is 2.61 bits per heavy atom. The SMILES string of the molecule is CCNC(=O)NC1CCN(C(=O)C2CCCC2)C1. The molecule has 0 aromatic heterocycles. The Labute approximate surface area is 108 Å². The minimum absolute atomic E-state index is 0.113. The second-order valence-electron chi connectivity index (χ2n) is 5.26. The van der Waals surface area contributed by atoms with E-state index >= 15 is 0 Å². The van der Waals surface area contributed by atoms with E-state index in [1.54, 1.807) is 0 Å². The van der Waals surface area contributed by atoms with Crippen molar-refractivity contribution in [1.29, 1.82) is 0 Å². The molecule has 2 rings (SSSR count). The molecule has 2 aliphatic rings. The van der Waals surface area contributed by atoms with Crippen LogP contribution >= 0.6 is 0 Å². The smallest absolute Gasteiger partial charge is 0.315 e. The number of carbonyl (C=O) groups is 2. The first kappa shape index (κ1) is 13.2. The molecule has 2 fully saturated rings. The van der Waals surface area contributed by atoms with Gasteiger partial charge in [0, 0.05) is 31.6 Å². The van der Waals surface area contributed by atoms with Crippen molar-refractivity contribution >= 4 is 11.9 Å². The third-order valence-corrected chi connectivity index (χ3v) is 3.88. The summed E-state index contributed by atoms with van der Waals surface area (Å²) >= 11 is 0. The molecule has 1 unspecified atom stereocenters. The molecule has 0 bridgehead atoms. The highest BCUT2D eigenvalue weighted by atomic mass is 16.2. The van der Waals surface area contributed by atoms with Crippen LogP contribution in [0.2, 0.25) is 0 Å². The van der Waals surface area contributed by atoms with Crippen molar-refractivity contribution < 1.29 is 9.59 Å². The first-order chi connectivity index (χ1) is 8.70. The average Bonchev–Trinajstić information content (AvgIpc) is 2.98. The normalized spacial score (nSPS) is 24.3. The lowest BCUT2D eigenvalue weighted by molar-refractivity contribution is -0.134. The Bertz CT molecular complexity index is 313. The van der Waals surface area contributed by atoms with Gasteiger partial charge in [0.15, 0.2) is 0 Å². The predicted molar refractivity (Wildman–Crippen MR) is 69.2 cm³/mol. The van der Waals surface area contributed by atoms with Crippen molar-refractivity contribution in [1.82, 2.24) is 15.5 Å². The number of rotatable bonds is 3. The van der Waals surface area contributed by atoms with E-state index in [0.717, 1.165) is 25.8 Å². The Kier molecular flexibility index (Phi) is 4.44. The zero-order valence-electron chi connectivity index (χ0n) is 11.1. The third kappa shape index (κ3) is 3.15. The second-order valence-corrected chi connectivity index (χ2v) is 5.26. The summed E-state index contributed by atoms with van der Waals surface area (Å²) in [4.78, 5) is 25.5. The lowest BCUT2D eigenvalue weighted by atomic mass is 10.1. The van der Waals surface area contributed by atoms with Crippen LogP contribution in [-0.2, 0) is 4.79 Å². The van der Waals surface area contributed by atoms with Gasteiger partial charge in [-0.1, -0.05) is 12.8 Å². The quantitative estimate of drug-likeness (QED) is 0.791. The van der Waals surface area contributed by atoms with Crippen molar-refractivity contribution in [2.75, 3.05) is 19.6 Å². The lowest BCUT2D eigenvalue weighted by Gasteiger charge is -2.20. The van der Waals surface area contributed by atoms with Gasteiger partial charge in [-0.15, -0.1) is 0 Å². The fraction of sp³-hybridized carbons (Fsp3) is 0.846. The highest BCUT2D eigenvalue weighted by Crippen LogP contribution is 2.27. The van der Waals surface area contributed by atoms with Crippen LogP contribution < -0.4 is 10.6 Å². The number of urea groups is 1. The van der Waals surface area contributed by atoms with Crippen molar-refractivity contribution in [3.05, 3.63) is 0 Å². The summed E-state index contributed by atoms with van der Waals surface area (Å²) in [5, 5.41) is 5.63. The van der Waals surface area contributed by atoms with Gasteiger partial charge in [-0.05, 0) is 26.2 Å². The van der Waals surface area contributed by atoms with Crippen LogP contribution in [0.15, 0.2) is 0 Å². The molecule has 0 radical (unpaired) electrons. The van der Waals surface area contributed by atoms with Crippen molar-refractivity contribution in [2.24, 2.45) is 5.92 Å². The molecule has 2 N–H and O–H groups in total. The van der Waals surface area contributed by atoms with Gasteiger partial charge in [0.25, 0.3) is 0 Å². The van der Waals surface area contributed by atoms with E-state index in [1.807, 2.05) is 11.8 Å². The van der Waals surface area contributed by atoms with Crippen LogP contribution in [0, 0.1) is 5.92 Å². The standard InChI is InChI=1S/C13H23N3O2/c1-2-14-13(18)15-11-7-8-16(9-11)12(17)10-5-3-4-6-10/h10-11H,2-9H2,1H3,(H2,14,15,18). The Hall–Kier alpha value is -1.26. The van der Waals surface area contributed by atoms with Gasteiger partial charge < -0.3 is 15.5 Å². The molecular weight excluding hydrogens is 230 g/mol. The highest BCUT2D eigenvalue weighted by molar-refractivity contribution is 5.80. The maximum atomic E-state index is 12.2. The summed E-state index contributed by atoms with van der Waals surface area (Å²) < 4.78 is 0. The molecule has 1 aliphatic heterocycles. The van der Waals surface area contributed by atoms with Crippen LogP contribution in [-0.4, -0.2) is 42.5 Å². The van der Waals surface area contributed by atoms with Gasteiger partial charge in [-0.25, -0.2) is 4.79 Å². The van der Waals surface area contributed by atoms with E-state index in [2.05, 4.69) is 10.6 Å². The molecule has 3 amide bonds. The van der Waals surface area contributed by atoms with Crippen LogP contribution in [0.1, 0.15) is 39.0 Å². The maximum absolute atomic E-state index is 12.2. The first-order valence-corrected chi connectivity index (χ1v) is 7.04. The zero-order valence-corrected chi connectivity index (χ0v) is 11.1. The number of hydrogen-bond acceptors (Lipinski definition) is 2. The molecule has 0 aromatic rings. The fourth-order valence-corrected chi connectivity index (χ4v) is 2.91. The molecule has 1 saturated carbocycles. The van der Waals surface area contributed by atoms with E-state index in [-0.39, 0.29) is 18.0 Å². The molecule has 1 aliphatic carbocycles. The number of nitrogens with zero attached hydrogens (tertiary/aromatic N) is 1. The van der Waals surface area contributed by atoms with Gasteiger partial charge in [0.2, 0.25) is 5.91 Å². The molecule has 102 valence electrons. The maximum Gasteiger partial charge on any atom is 0.315 e. The molecule has 5 nitrogen and oxygen atoms in total. The van der Waals surface area contributed by atoms with E-state index in [9.17, 15) is 9.59 Å². The predicted octanol–water partition coefficient (Wildman–Crippen LogP) is 1.10. The Balaban J connectivity index is 1.77. The van der Waals surface area contributed by atoms with Crippen molar-refractivity contribution in [2.45, 2.75) is 45.1 Å². The lowest BCUT2D eigenvalue weighted by Crippen LogP contribution is -2.44. The largest absolute Gasteiger partial charge is 0.340 e. The van der Waals surface area contributed by atoms with Crippen molar-refractivity contribution in [3.8, 4) is 0 Å². The van der Waals surface area contributed by atoms with Crippen LogP contribution in [0.5, 0.6) is 0 Å². The van der Waals surface area contributed by atoms with E-state index in [4.69, 9.17) is 0 Å². The average molecular weight is 253 g/mol. The van der Waals surface area contributed by atoms with E-state index in [0.29, 0.717) is 19.0 Å². The molecule has 0 spiro atoms. The number of nitrogens with one attached hydrogen (secondary N) is 2. The molecule has 5 heteroatoms. The Morgan fingerprint density at radius 1 is 1.22 bits per heavy atom. The van der Waals surface area contributed by atoms with Gasteiger partial charge >= 0.3 is 6.03 Å². The van der Waals surface area contributed by atoms with Crippen LogP contribution in [0.3, 0.4) is 0 Å². The van der Waals surface area contributed by atoms with Crippen LogP contribution in [0.25, 0.3) is 0 Å². The number of amides is 3. The summed E-state index contributed by atoms with van der Waals surface area (Å²) in [5.41, 5.74) is 0. The van der Waals surface area contributed by atoms with Gasteiger partial charge in [-0.3, -0.25) is 4.79 Å². The summed E-state index contributed by atoms with van der Waals surface area (Å²) in [6.07, 6.45) is 5.33. The fourth-order valence-electron chi connectivity index (χ4n) is 2.91. The number of carbonyl (C=O) groups excluding carboxylic acids is 2. The van der Waals surface area contributed by atoms with Gasteiger partial charge in [-0.2, -0.15) is 0 Å². The first-order valence-electron chi connectivity index (χ1n) is 7.04. The number of hydrogen-bond donors (Lipinski definition) is 2. The third-order valence-electron chi connectivity index (χ3n) is 3.88. The molecule has 18 heavy (non-hydrogen) atoms.